The first-order valence-electron chi connectivity index (χ1n) is 10.5. The molecule has 2 heterocycles. The van der Waals surface area contributed by atoms with Crippen LogP contribution in [0.3, 0.4) is 0 Å². The molecule has 0 bridgehead atoms. The summed E-state index contributed by atoms with van der Waals surface area (Å²) in [5.41, 5.74) is -0.643. The third-order valence-electron chi connectivity index (χ3n) is 5.16. The lowest BCUT2D eigenvalue weighted by molar-refractivity contribution is -0.145. The maximum atomic E-state index is 13.5. The molecule has 0 atom stereocenters. The first-order chi connectivity index (χ1) is 15.8. The number of benzene rings is 1. The van der Waals surface area contributed by atoms with Crippen molar-refractivity contribution in [2.75, 3.05) is 7.11 Å². The maximum Gasteiger partial charge on any atom is 0.418 e. The Bertz CT molecular complexity index is 1140. The third-order valence-corrected chi connectivity index (χ3v) is 5.16. The molecule has 0 radical (unpaired) electrons. The van der Waals surface area contributed by atoms with Gasteiger partial charge in [-0.2, -0.15) is 18.3 Å². The summed E-state index contributed by atoms with van der Waals surface area (Å²) in [4.78, 5) is 28.3. The Morgan fingerprint density at radius 2 is 1.91 bits per heavy atom. The van der Waals surface area contributed by atoms with Gasteiger partial charge >= 0.3 is 18.1 Å². The Kier molecular flexibility index (Phi) is 7.67. The highest BCUT2D eigenvalue weighted by molar-refractivity contribution is 5.92. The van der Waals surface area contributed by atoms with Crippen LogP contribution in [-0.2, 0) is 27.1 Å². The molecule has 3 rings (SSSR count). The largest absolute Gasteiger partial charge is 0.465 e. The second kappa shape index (κ2) is 10.5. The van der Waals surface area contributed by atoms with E-state index in [1.54, 1.807) is 0 Å². The Labute approximate surface area is 188 Å². The molecule has 33 heavy (non-hydrogen) atoms. The third kappa shape index (κ3) is 5.50. The number of carbonyl (C=O) groups excluding carboxylic acids is 2. The molecule has 0 unspecified atom stereocenters. The van der Waals surface area contributed by atoms with Gasteiger partial charge in [-0.1, -0.05) is 38.3 Å². The molecule has 0 aliphatic heterocycles. The van der Waals surface area contributed by atoms with E-state index in [4.69, 9.17) is 9.47 Å². The number of ether oxygens (including phenoxy) is 2. The molecule has 0 saturated carbocycles. The molecular weight excluding hydrogens is 439 g/mol. The summed E-state index contributed by atoms with van der Waals surface area (Å²) in [6.45, 7) is 1.77. The Balaban J connectivity index is 1.99. The maximum absolute atomic E-state index is 13.5. The Morgan fingerprint density at radius 1 is 1.12 bits per heavy atom. The number of unbranched alkanes of at least 4 members (excludes halogenated alkanes) is 3. The summed E-state index contributed by atoms with van der Waals surface area (Å²) in [6.07, 6.45) is 1.74. The van der Waals surface area contributed by atoms with Crippen LogP contribution in [0.5, 0.6) is 0 Å². The van der Waals surface area contributed by atoms with E-state index < -0.39 is 23.7 Å². The molecule has 2 aromatic heterocycles. The van der Waals surface area contributed by atoms with Gasteiger partial charge in [-0.25, -0.2) is 9.48 Å². The van der Waals surface area contributed by atoms with Crippen LogP contribution in [0.4, 0.5) is 13.2 Å². The lowest BCUT2D eigenvalue weighted by Gasteiger charge is -2.14. The molecule has 176 valence electrons. The number of esters is 2. The molecule has 10 heteroatoms. The van der Waals surface area contributed by atoms with Gasteiger partial charge in [0.2, 0.25) is 0 Å². The monoisotopic (exact) mass is 463 g/mol. The van der Waals surface area contributed by atoms with E-state index in [0.717, 1.165) is 25.3 Å². The molecule has 3 aromatic rings. The zero-order chi connectivity index (χ0) is 24.0. The van der Waals surface area contributed by atoms with Crippen molar-refractivity contribution in [3.63, 3.8) is 0 Å². The van der Waals surface area contributed by atoms with Crippen LogP contribution in [-0.4, -0.2) is 33.8 Å². The van der Waals surface area contributed by atoms with Crippen molar-refractivity contribution in [2.24, 2.45) is 0 Å². The minimum Gasteiger partial charge on any atom is -0.465 e. The molecule has 0 N–H and O–H groups in total. The number of methoxy groups -OCH3 is 1. The molecule has 0 spiro atoms. The number of carbonyl (C=O) groups is 2. The van der Waals surface area contributed by atoms with Crippen LogP contribution in [0, 0.1) is 0 Å². The standard InChI is InChI=1S/C23H24F3N3O4/c1-3-4-5-6-10-20(30)33-14-19-16(22(31)32-2)13-28-29(19)18-11-12-27-21-15(18)8-7-9-17(21)23(24,25)26/h7-9,11-13H,3-6,10,14H2,1-2H3. The summed E-state index contributed by atoms with van der Waals surface area (Å²) < 4.78 is 51.8. The SMILES string of the molecule is CCCCCCC(=O)OCc1c(C(=O)OC)cnn1-c1ccnc2c(C(F)(F)F)cccc12. The van der Waals surface area contributed by atoms with Gasteiger partial charge < -0.3 is 9.47 Å². The van der Waals surface area contributed by atoms with Crippen molar-refractivity contribution in [2.45, 2.75) is 51.8 Å². The molecule has 0 aliphatic carbocycles. The van der Waals surface area contributed by atoms with Crippen molar-refractivity contribution in [1.82, 2.24) is 14.8 Å². The van der Waals surface area contributed by atoms with Gasteiger partial charge in [-0.05, 0) is 18.6 Å². The molecular formula is C23H24F3N3O4. The average Bonchev–Trinajstić information content (AvgIpc) is 3.22. The van der Waals surface area contributed by atoms with Crippen molar-refractivity contribution < 1.29 is 32.2 Å². The van der Waals surface area contributed by atoms with E-state index in [1.807, 2.05) is 0 Å². The van der Waals surface area contributed by atoms with Crippen molar-refractivity contribution in [3.8, 4) is 5.69 Å². The van der Waals surface area contributed by atoms with Crippen molar-refractivity contribution in [3.05, 3.63) is 53.5 Å². The predicted octanol–water partition coefficient (Wildman–Crippen LogP) is 5.24. The number of pyridine rings is 1. The average molecular weight is 463 g/mol. The van der Waals surface area contributed by atoms with Crippen LogP contribution < -0.4 is 0 Å². The van der Waals surface area contributed by atoms with Gasteiger partial charge in [0, 0.05) is 18.0 Å². The normalized spacial score (nSPS) is 11.5. The summed E-state index contributed by atoms with van der Waals surface area (Å²) in [6, 6.07) is 5.18. The predicted molar refractivity (Wildman–Crippen MR) is 114 cm³/mol. The van der Waals surface area contributed by atoms with Gasteiger partial charge in [-0.15, -0.1) is 0 Å². The quantitative estimate of drug-likeness (QED) is 0.319. The number of alkyl halides is 3. The molecule has 0 amide bonds. The fourth-order valence-electron chi connectivity index (χ4n) is 3.49. The van der Waals surface area contributed by atoms with E-state index in [2.05, 4.69) is 17.0 Å². The van der Waals surface area contributed by atoms with Crippen molar-refractivity contribution in [1.29, 1.82) is 0 Å². The van der Waals surface area contributed by atoms with E-state index >= 15 is 0 Å². The lowest BCUT2D eigenvalue weighted by Crippen LogP contribution is -2.13. The van der Waals surface area contributed by atoms with E-state index in [-0.39, 0.29) is 40.9 Å². The van der Waals surface area contributed by atoms with E-state index in [0.29, 0.717) is 6.42 Å². The smallest absolute Gasteiger partial charge is 0.418 e. The summed E-state index contributed by atoms with van der Waals surface area (Å²) >= 11 is 0. The number of aromatic nitrogens is 3. The topological polar surface area (TPSA) is 83.3 Å². The fourth-order valence-corrected chi connectivity index (χ4v) is 3.49. The van der Waals surface area contributed by atoms with Gasteiger partial charge in [-0.3, -0.25) is 9.78 Å². The highest BCUT2D eigenvalue weighted by Gasteiger charge is 2.33. The van der Waals surface area contributed by atoms with Gasteiger partial charge in [0.1, 0.15) is 12.2 Å². The number of hydrogen-bond donors (Lipinski definition) is 0. The van der Waals surface area contributed by atoms with Crippen LogP contribution in [0.15, 0.2) is 36.7 Å². The van der Waals surface area contributed by atoms with Gasteiger partial charge in [0.25, 0.3) is 0 Å². The number of nitrogens with zero attached hydrogens (tertiary/aromatic N) is 3. The number of fused-ring (bicyclic) bond motifs is 1. The van der Waals surface area contributed by atoms with E-state index in [1.165, 1.54) is 42.4 Å². The fraction of sp³-hybridized carbons (Fsp3) is 0.391. The number of hydrogen-bond acceptors (Lipinski definition) is 6. The van der Waals surface area contributed by atoms with Crippen LogP contribution in [0.25, 0.3) is 16.6 Å². The number of halogens is 3. The molecule has 0 fully saturated rings. The van der Waals surface area contributed by atoms with E-state index in [9.17, 15) is 22.8 Å². The summed E-state index contributed by atoms with van der Waals surface area (Å²) in [5, 5.41) is 4.36. The first kappa shape index (κ1) is 24.2. The van der Waals surface area contributed by atoms with Crippen LogP contribution in [0.1, 0.15) is 60.6 Å². The second-order valence-electron chi connectivity index (χ2n) is 7.41. The highest BCUT2D eigenvalue weighted by atomic mass is 19.4. The van der Waals surface area contributed by atoms with Crippen molar-refractivity contribution >= 4 is 22.8 Å². The van der Waals surface area contributed by atoms with Gasteiger partial charge in [0.05, 0.1) is 35.8 Å². The summed E-state index contributed by atoms with van der Waals surface area (Å²) in [5.74, 6) is -1.14. The molecule has 0 aliphatic rings. The zero-order valence-corrected chi connectivity index (χ0v) is 18.3. The lowest BCUT2D eigenvalue weighted by atomic mass is 10.1. The molecule has 7 nitrogen and oxygen atoms in total. The van der Waals surface area contributed by atoms with Crippen LogP contribution >= 0.6 is 0 Å². The Hall–Kier alpha value is -3.43. The van der Waals surface area contributed by atoms with Gasteiger partial charge in [0.15, 0.2) is 0 Å². The molecule has 0 saturated heterocycles. The Morgan fingerprint density at radius 3 is 2.61 bits per heavy atom. The van der Waals surface area contributed by atoms with Crippen LogP contribution in [0.2, 0.25) is 0 Å². The zero-order valence-electron chi connectivity index (χ0n) is 18.3. The minimum absolute atomic E-state index is 0.0493. The number of para-hydroxylation sites is 1. The second-order valence-corrected chi connectivity index (χ2v) is 7.41. The highest BCUT2D eigenvalue weighted by Crippen LogP contribution is 2.35. The first-order valence-corrected chi connectivity index (χ1v) is 10.5. The minimum atomic E-state index is -4.59. The number of rotatable bonds is 9. The molecule has 1 aromatic carbocycles. The summed E-state index contributed by atoms with van der Waals surface area (Å²) in [7, 11) is 1.20.